The zero-order valence-corrected chi connectivity index (χ0v) is 18.1. The van der Waals surface area contributed by atoms with Crippen LogP contribution in [0.15, 0.2) is 71.6 Å². The minimum Gasteiger partial charge on any atom is -0.337 e. The average Bonchev–Trinajstić information content (AvgIpc) is 2.71. The number of hydrogen-bond acceptors (Lipinski definition) is 5. The molecule has 0 atom stereocenters. The van der Waals surface area contributed by atoms with Crippen LogP contribution in [0.1, 0.15) is 5.56 Å². The van der Waals surface area contributed by atoms with E-state index < -0.39 is 10.0 Å². The van der Waals surface area contributed by atoms with Crippen molar-refractivity contribution in [2.24, 2.45) is 0 Å². The van der Waals surface area contributed by atoms with Gasteiger partial charge < -0.3 is 5.32 Å². The Morgan fingerprint density at radius 2 is 1.43 bits per heavy atom. The van der Waals surface area contributed by atoms with Gasteiger partial charge in [-0.1, -0.05) is 53.0 Å². The van der Waals surface area contributed by atoms with Gasteiger partial charge >= 0.3 is 0 Å². The fourth-order valence-electron chi connectivity index (χ4n) is 2.77. The number of nitrogens with zero attached hydrogens (tertiary/aromatic N) is 2. The van der Waals surface area contributed by atoms with Crippen LogP contribution in [0.2, 0.25) is 10.0 Å². The van der Waals surface area contributed by atoms with Crippen LogP contribution < -0.4 is 10.0 Å². The van der Waals surface area contributed by atoms with E-state index in [-0.39, 0.29) is 16.5 Å². The highest BCUT2D eigenvalue weighted by atomic mass is 35.5. The van der Waals surface area contributed by atoms with Crippen LogP contribution >= 0.6 is 23.2 Å². The molecule has 2 N–H and O–H groups in total. The summed E-state index contributed by atoms with van der Waals surface area (Å²) in [6.45, 7) is 1.89. The zero-order chi connectivity index (χ0) is 21.3. The van der Waals surface area contributed by atoms with Gasteiger partial charge in [-0.15, -0.1) is 0 Å². The number of aromatic nitrogens is 2. The van der Waals surface area contributed by atoms with Crippen molar-refractivity contribution in [1.82, 2.24) is 9.97 Å². The van der Waals surface area contributed by atoms with Crippen molar-refractivity contribution in [2.75, 3.05) is 10.0 Å². The van der Waals surface area contributed by atoms with Crippen LogP contribution in [0, 0.1) is 6.92 Å². The lowest BCUT2D eigenvalue weighted by Gasteiger charge is -2.14. The lowest BCUT2D eigenvalue weighted by atomic mass is 10.2. The third-order valence-electron chi connectivity index (χ3n) is 4.32. The summed E-state index contributed by atoms with van der Waals surface area (Å²) in [6, 6.07) is 18.7. The molecule has 0 aliphatic rings. The number of para-hydroxylation sites is 2. The maximum atomic E-state index is 12.9. The topological polar surface area (TPSA) is 84.0 Å². The van der Waals surface area contributed by atoms with Crippen molar-refractivity contribution < 1.29 is 8.42 Å². The van der Waals surface area contributed by atoms with Crippen LogP contribution in [-0.2, 0) is 10.0 Å². The summed E-state index contributed by atoms with van der Waals surface area (Å²) >= 11 is 12.1. The normalized spacial score (nSPS) is 11.4. The molecule has 0 aliphatic heterocycles. The number of hydrogen-bond donors (Lipinski definition) is 2. The highest BCUT2D eigenvalue weighted by Gasteiger charge is 2.19. The second-order valence-electron chi connectivity index (χ2n) is 6.58. The first kappa shape index (κ1) is 20.4. The summed E-state index contributed by atoms with van der Waals surface area (Å²) < 4.78 is 28.4. The Bertz CT molecular complexity index is 1340. The molecule has 0 spiro atoms. The largest absolute Gasteiger partial charge is 0.337 e. The quantitative estimate of drug-likeness (QED) is 0.395. The van der Waals surface area contributed by atoms with Gasteiger partial charge in [0, 0.05) is 5.69 Å². The van der Waals surface area contributed by atoms with Crippen molar-refractivity contribution in [3.05, 3.63) is 82.3 Å². The van der Waals surface area contributed by atoms with Gasteiger partial charge in [-0.05, 0) is 49.4 Å². The van der Waals surface area contributed by atoms with E-state index in [9.17, 15) is 8.42 Å². The van der Waals surface area contributed by atoms with Gasteiger partial charge in [-0.25, -0.2) is 18.4 Å². The van der Waals surface area contributed by atoms with Gasteiger partial charge in [-0.2, -0.15) is 0 Å². The Labute approximate surface area is 183 Å². The molecule has 152 valence electrons. The van der Waals surface area contributed by atoms with E-state index in [0.29, 0.717) is 26.8 Å². The molecule has 0 radical (unpaired) electrons. The lowest BCUT2D eigenvalue weighted by Crippen LogP contribution is -2.16. The minimum atomic E-state index is -3.87. The van der Waals surface area contributed by atoms with Crippen molar-refractivity contribution in [3.8, 4) is 0 Å². The molecule has 3 aromatic carbocycles. The lowest BCUT2D eigenvalue weighted by molar-refractivity contribution is 0.601. The number of fused-ring (bicyclic) bond motifs is 1. The van der Waals surface area contributed by atoms with Gasteiger partial charge in [0.15, 0.2) is 11.6 Å². The molecule has 30 heavy (non-hydrogen) atoms. The summed E-state index contributed by atoms with van der Waals surface area (Å²) in [5.74, 6) is 0.308. The number of halogens is 2. The van der Waals surface area contributed by atoms with Gasteiger partial charge in [-0.3, -0.25) is 4.72 Å². The van der Waals surface area contributed by atoms with Crippen LogP contribution in [0.5, 0.6) is 0 Å². The van der Waals surface area contributed by atoms with Crippen molar-refractivity contribution in [3.63, 3.8) is 0 Å². The van der Waals surface area contributed by atoms with Gasteiger partial charge in [0.2, 0.25) is 0 Å². The summed E-state index contributed by atoms with van der Waals surface area (Å²) in [5.41, 5.74) is 2.71. The fourth-order valence-corrected chi connectivity index (χ4v) is 4.08. The van der Waals surface area contributed by atoms with Gasteiger partial charge in [0.25, 0.3) is 10.0 Å². The Hall–Kier alpha value is -2.87. The second-order valence-corrected chi connectivity index (χ2v) is 9.08. The monoisotopic (exact) mass is 458 g/mol. The minimum absolute atomic E-state index is 0.0698. The molecule has 0 bridgehead atoms. The van der Waals surface area contributed by atoms with E-state index in [1.54, 1.807) is 48.5 Å². The first-order valence-electron chi connectivity index (χ1n) is 8.90. The van der Waals surface area contributed by atoms with E-state index in [1.807, 2.05) is 13.0 Å². The number of rotatable bonds is 5. The zero-order valence-electron chi connectivity index (χ0n) is 15.7. The smallest absolute Gasteiger partial charge is 0.263 e. The van der Waals surface area contributed by atoms with Crippen molar-refractivity contribution >= 4 is 61.6 Å². The van der Waals surface area contributed by atoms with Gasteiger partial charge in [0.1, 0.15) is 0 Å². The number of sulfonamides is 1. The number of anilines is 3. The van der Waals surface area contributed by atoms with E-state index in [0.717, 1.165) is 5.56 Å². The highest BCUT2D eigenvalue weighted by Crippen LogP contribution is 2.30. The van der Waals surface area contributed by atoms with E-state index >= 15 is 0 Å². The van der Waals surface area contributed by atoms with Crippen molar-refractivity contribution in [2.45, 2.75) is 11.8 Å². The highest BCUT2D eigenvalue weighted by molar-refractivity contribution is 7.92. The first-order valence-corrected chi connectivity index (χ1v) is 11.1. The summed E-state index contributed by atoms with van der Waals surface area (Å²) in [6.07, 6.45) is 0. The number of nitrogens with one attached hydrogen (secondary N) is 2. The van der Waals surface area contributed by atoms with E-state index in [1.165, 1.54) is 12.1 Å². The predicted octanol–water partition coefficient (Wildman–Crippen LogP) is 5.79. The Kier molecular flexibility index (Phi) is 5.51. The number of benzene rings is 3. The maximum Gasteiger partial charge on any atom is 0.263 e. The molecule has 4 aromatic rings. The van der Waals surface area contributed by atoms with Crippen molar-refractivity contribution in [1.29, 1.82) is 0 Å². The molecule has 1 heterocycles. The second kappa shape index (κ2) is 8.10. The molecule has 0 saturated carbocycles. The summed E-state index contributed by atoms with van der Waals surface area (Å²) in [7, 11) is -3.87. The molecule has 0 unspecified atom stereocenters. The standard InChI is InChI=1S/C21H16Cl2N4O2S/c1-13-6-9-15(10-7-13)30(28,29)27-21-20(24-14-8-11-16(22)17(23)12-14)25-18-4-2-3-5-19(18)26-21/h2-12H,1H3,(H,24,25)(H,26,27). The molecular formula is C21H16Cl2N4O2S. The third kappa shape index (κ3) is 4.33. The molecule has 0 aliphatic carbocycles. The molecule has 0 fully saturated rings. The summed E-state index contributed by atoms with van der Waals surface area (Å²) in [5, 5.41) is 3.84. The fraction of sp³-hybridized carbons (Fsp3) is 0.0476. The van der Waals surface area contributed by atoms with E-state index in [4.69, 9.17) is 23.2 Å². The molecule has 4 rings (SSSR count). The Morgan fingerprint density at radius 3 is 2.07 bits per heavy atom. The molecule has 0 saturated heterocycles. The number of aryl methyl sites for hydroxylation is 1. The molecule has 9 heteroatoms. The SMILES string of the molecule is Cc1ccc(S(=O)(=O)Nc2nc3ccccc3nc2Nc2ccc(Cl)c(Cl)c2)cc1. The van der Waals surface area contributed by atoms with Crippen LogP contribution in [0.25, 0.3) is 11.0 Å². The molecule has 1 aromatic heterocycles. The third-order valence-corrected chi connectivity index (χ3v) is 6.41. The average molecular weight is 459 g/mol. The Balaban J connectivity index is 1.78. The molecular weight excluding hydrogens is 443 g/mol. The van der Waals surface area contributed by atoms with Crippen LogP contribution in [-0.4, -0.2) is 18.4 Å². The first-order chi connectivity index (χ1) is 14.3. The van der Waals surface area contributed by atoms with E-state index in [2.05, 4.69) is 20.0 Å². The van der Waals surface area contributed by atoms with Crippen LogP contribution in [0.4, 0.5) is 17.3 Å². The molecule has 6 nitrogen and oxygen atoms in total. The molecule has 0 amide bonds. The Morgan fingerprint density at radius 1 is 0.800 bits per heavy atom. The van der Waals surface area contributed by atoms with Gasteiger partial charge in [0.05, 0.1) is 26.0 Å². The summed E-state index contributed by atoms with van der Waals surface area (Å²) in [4.78, 5) is 9.13. The predicted molar refractivity (Wildman–Crippen MR) is 121 cm³/mol. The van der Waals surface area contributed by atoms with Crippen LogP contribution in [0.3, 0.4) is 0 Å². The maximum absolute atomic E-state index is 12.9.